The molecule has 1 saturated carbocycles. The van der Waals surface area contributed by atoms with Crippen LogP contribution in [-0.2, 0) is 14.9 Å². The number of aromatic nitrogens is 1. The fourth-order valence-electron chi connectivity index (χ4n) is 3.89. The fourth-order valence-corrected chi connectivity index (χ4v) is 4.05. The van der Waals surface area contributed by atoms with E-state index in [0.29, 0.717) is 17.3 Å². The van der Waals surface area contributed by atoms with Gasteiger partial charge in [-0.05, 0) is 38.0 Å². The third-order valence-electron chi connectivity index (χ3n) is 5.61. The Morgan fingerprint density at radius 3 is 2.76 bits per heavy atom. The van der Waals surface area contributed by atoms with Gasteiger partial charge in [0.1, 0.15) is 11.3 Å². The van der Waals surface area contributed by atoms with Crippen molar-refractivity contribution in [2.24, 2.45) is 10.9 Å². The second-order valence-corrected chi connectivity index (χ2v) is 7.88. The van der Waals surface area contributed by atoms with Gasteiger partial charge in [0.25, 0.3) is 0 Å². The Morgan fingerprint density at radius 2 is 2.10 bits per heavy atom. The first-order valence-electron chi connectivity index (χ1n) is 9.48. The van der Waals surface area contributed by atoms with E-state index in [2.05, 4.69) is 9.98 Å². The molecule has 4 rings (SSSR count). The van der Waals surface area contributed by atoms with E-state index in [-0.39, 0.29) is 12.8 Å². The van der Waals surface area contributed by atoms with E-state index < -0.39 is 17.3 Å². The third kappa shape index (κ3) is 3.72. The van der Waals surface area contributed by atoms with Gasteiger partial charge in [-0.25, -0.2) is 4.98 Å². The molecule has 1 aliphatic carbocycles. The molecule has 3 atom stereocenters. The quantitative estimate of drug-likeness (QED) is 0.719. The van der Waals surface area contributed by atoms with Gasteiger partial charge in [-0.2, -0.15) is 0 Å². The van der Waals surface area contributed by atoms with Crippen LogP contribution in [0, 0.1) is 5.92 Å². The molecule has 1 aromatic carbocycles. The summed E-state index contributed by atoms with van der Waals surface area (Å²) < 4.78 is 6.16. The Morgan fingerprint density at radius 1 is 1.34 bits per heavy atom. The van der Waals surface area contributed by atoms with Crippen LogP contribution in [0.5, 0.6) is 0 Å². The summed E-state index contributed by atoms with van der Waals surface area (Å²) in [6, 6.07) is 13.4. The number of benzene rings is 1. The highest BCUT2D eigenvalue weighted by atomic mass is 35.5. The molecular formula is C22H22ClN3O3. The first kappa shape index (κ1) is 19.5. The van der Waals surface area contributed by atoms with Crippen molar-refractivity contribution in [2.45, 2.75) is 31.8 Å². The molecule has 0 spiro atoms. The Kier molecular flexibility index (Phi) is 5.04. The third-order valence-corrected chi connectivity index (χ3v) is 5.82. The molecule has 1 fully saturated rings. The van der Waals surface area contributed by atoms with E-state index in [1.54, 1.807) is 12.3 Å². The molecule has 2 heterocycles. The highest BCUT2D eigenvalue weighted by molar-refractivity contribution is 6.29. The van der Waals surface area contributed by atoms with Gasteiger partial charge in [0.2, 0.25) is 0 Å². The van der Waals surface area contributed by atoms with Gasteiger partial charge in [0, 0.05) is 17.3 Å². The molecule has 0 amide bonds. The lowest BCUT2D eigenvalue weighted by Gasteiger charge is -2.31. The van der Waals surface area contributed by atoms with E-state index in [4.69, 9.17) is 16.3 Å². The minimum absolute atomic E-state index is 0.114. The first-order chi connectivity index (χ1) is 13.9. The number of ether oxygens (including phenoxy) is 1. The summed E-state index contributed by atoms with van der Waals surface area (Å²) in [5, 5.41) is 9.97. The molecule has 2 aromatic rings. The maximum absolute atomic E-state index is 11.7. The zero-order valence-electron chi connectivity index (χ0n) is 16.2. The van der Waals surface area contributed by atoms with E-state index in [1.807, 2.05) is 61.3 Å². The average Bonchev–Trinajstić information content (AvgIpc) is 3.44. The van der Waals surface area contributed by atoms with Crippen molar-refractivity contribution in [1.82, 2.24) is 4.98 Å². The topological polar surface area (TPSA) is 75.0 Å². The fraction of sp³-hybridized carbons (Fsp3) is 0.318. The van der Waals surface area contributed by atoms with Gasteiger partial charge >= 0.3 is 5.97 Å². The van der Waals surface area contributed by atoms with Gasteiger partial charge < -0.3 is 14.7 Å². The van der Waals surface area contributed by atoms with Crippen molar-refractivity contribution >= 4 is 29.0 Å². The highest BCUT2D eigenvalue weighted by Gasteiger charge is 2.60. The summed E-state index contributed by atoms with van der Waals surface area (Å²) in [4.78, 5) is 22.3. The van der Waals surface area contributed by atoms with E-state index >= 15 is 0 Å². The van der Waals surface area contributed by atoms with Crippen LogP contribution >= 0.6 is 11.6 Å². The molecular weight excluding hydrogens is 390 g/mol. The van der Waals surface area contributed by atoms with Crippen LogP contribution in [-0.4, -0.2) is 34.5 Å². The predicted molar refractivity (Wildman–Crippen MR) is 112 cm³/mol. The lowest BCUT2D eigenvalue weighted by atomic mass is 9.94. The second-order valence-electron chi connectivity index (χ2n) is 7.49. The van der Waals surface area contributed by atoms with Crippen LogP contribution in [0.25, 0.3) is 0 Å². The van der Waals surface area contributed by atoms with Crippen LogP contribution in [0.3, 0.4) is 0 Å². The number of hydrogen-bond donors (Lipinski definition) is 1. The summed E-state index contributed by atoms with van der Waals surface area (Å²) in [6.07, 6.45) is 4.00. The number of anilines is 1. The minimum Gasteiger partial charge on any atom is -0.489 e. The number of carbonyl (C=O) groups is 1. The number of nitrogens with zero attached hydrogens (tertiary/aromatic N) is 3. The molecule has 0 bridgehead atoms. The Labute approximate surface area is 174 Å². The summed E-state index contributed by atoms with van der Waals surface area (Å²) in [7, 11) is 0. The number of halogens is 1. The monoisotopic (exact) mass is 411 g/mol. The summed E-state index contributed by atoms with van der Waals surface area (Å²) in [5.41, 5.74) is 2.12. The summed E-state index contributed by atoms with van der Waals surface area (Å²) >= 11 is 6.04. The lowest BCUT2D eigenvalue weighted by Crippen LogP contribution is -2.33. The van der Waals surface area contributed by atoms with Crippen LogP contribution < -0.4 is 4.90 Å². The van der Waals surface area contributed by atoms with Gasteiger partial charge in [-0.1, -0.05) is 41.9 Å². The van der Waals surface area contributed by atoms with E-state index in [0.717, 1.165) is 17.0 Å². The van der Waals surface area contributed by atoms with Crippen molar-refractivity contribution in [1.29, 1.82) is 0 Å². The Hall–Kier alpha value is -2.86. The maximum atomic E-state index is 11.7. The zero-order valence-corrected chi connectivity index (χ0v) is 17.0. The number of pyridine rings is 1. The minimum atomic E-state index is -0.790. The number of hydrogen-bond acceptors (Lipinski definition) is 5. The van der Waals surface area contributed by atoms with Crippen molar-refractivity contribution in [2.75, 3.05) is 11.5 Å². The molecule has 150 valence electrons. The predicted octanol–water partition coefficient (Wildman–Crippen LogP) is 4.26. The Bertz CT molecular complexity index is 992. The molecule has 0 radical (unpaired) electrons. The normalized spacial score (nSPS) is 25.8. The second kappa shape index (κ2) is 7.52. The van der Waals surface area contributed by atoms with Crippen molar-refractivity contribution in [3.05, 3.63) is 71.3 Å². The van der Waals surface area contributed by atoms with E-state index in [9.17, 15) is 9.90 Å². The molecule has 7 heteroatoms. The molecule has 0 saturated heterocycles. The number of allylic oxidation sites excluding steroid dienone is 1. The highest BCUT2D eigenvalue weighted by Crippen LogP contribution is 2.55. The number of aliphatic carboxylic acids is 1. The maximum Gasteiger partial charge on any atom is 0.307 e. The molecule has 1 aromatic heterocycles. The first-order valence-corrected chi connectivity index (χ1v) is 9.86. The SMILES string of the molecule is CC1=NC(C)N(c2ccnc(Cl)c2)C=C1OC[C@@]1(c2ccccc2)C[C@H]1C(=O)O. The Balaban J connectivity index is 1.58. The van der Waals surface area contributed by atoms with Crippen molar-refractivity contribution < 1.29 is 14.6 Å². The van der Waals surface area contributed by atoms with Gasteiger partial charge in [0.15, 0.2) is 5.76 Å². The largest absolute Gasteiger partial charge is 0.489 e. The van der Waals surface area contributed by atoms with Crippen LogP contribution in [0.15, 0.2) is 65.6 Å². The van der Waals surface area contributed by atoms with Gasteiger partial charge in [-0.15, -0.1) is 0 Å². The molecule has 1 unspecified atom stereocenters. The molecule has 1 N–H and O–H groups in total. The number of carboxylic acids is 1. The van der Waals surface area contributed by atoms with Gasteiger partial charge in [-0.3, -0.25) is 9.79 Å². The average molecular weight is 412 g/mol. The van der Waals surface area contributed by atoms with Crippen LogP contribution in [0.4, 0.5) is 5.69 Å². The lowest BCUT2D eigenvalue weighted by molar-refractivity contribution is -0.139. The van der Waals surface area contributed by atoms with E-state index in [1.165, 1.54) is 0 Å². The molecule has 2 aliphatic rings. The van der Waals surface area contributed by atoms with Crippen LogP contribution in [0.2, 0.25) is 5.15 Å². The summed E-state index contributed by atoms with van der Waals surface area (Å²) in [6.45, 7) is 4.17. The number of rotatable bonds is 6. The molecule has 1 aliphatic heterocycles. The standard InChI is InChI=1S/C22H22ClN3O3/c1-14-19(12-26(15(2)25-14)17-8-9-24-20(23)10-17)29-13-22(11-18(22)21(27)28)16-6-4-3-5-7-16/h3-10,12,15,18H,11,13H2,1-2H3,(H,27,28)/t15?,18-,22+/m0/s1. The number of carboxylic acid groups (broad SMARTS) is 1. The zero-order chi connectivity index (χ0) is 20.6. The van der Waals surface area contributed by atoms with Gasteiger partial charge in [0.05, 0.1) is 24.4 Å². The molecule has 6 nitrogen and oxygen atoms in total. The summed E-state index contributed by atoms with van der Waals surface area (Å²) in [5.74, 6) is -0.607. The van der Waals surface area contributed by atoms with Crippen molar-refractivity contribution in [3.63, 3.8) is 0 Å². The number of aliphatic imine (C=N–C) groups is 1. The smallest absolute Gasteiger partial charge is 0.307 e. The van der Waals surface area contributed by atoms with Crippen LogP contribution in [0.1, 0.15) is 25.8 Å². The van der Waals surface area contributed by atoms with Crippen molar-refractivity contribution in [3.8, 4) is 0 Å². The molecule has 29 heavy (non-hydrogen) atoms.